The molecule has 0 spiro atoms. The van der Waals surface area contributed by atoms with Gasteiger partial charge in [0.15, 0.2) is 0 Å². The summed E-state index contributed by atoms with van der Waals surface area (Å²) in [7, 11) is 1.98. The third-order valence-corrected chi connectivity index (χ3v) is 3.07. The fourth-order valence-corrected chi connectivity index (χ4v) is 2.05. The van der Waals surface area contributed by atoms with Crippen LogP contribution in [0.25, 0.3) is 0 Å². The van der Waals surface area contributed by atoms with Crippen molar-refractivity contribution in [1.29, 1.82) is 0 Å². The molecule has 0 saturated carbocycles. The van der Waals surface area contributed by atoms with Crippen LogP contribution in [0.1, 0.15) is 25.3 Å². The number of aliphatic imine (C=N–C) groups is 1. The first-order valence-electron chi connectivity index (χ1n) is 6.14. The van der Waals surface area contributed by atoms with Crippen LogP contribution in [0.4, 0.5) is 0 Å². The molecule has 100 valence electrons. The predicted octanol–water partition coefficient (Wildman–Crippen LogP) is 2.50. The number of benzene rings is 1. The van der Waals surface area contributed by atoms with Crippen molar-refractivity contribution in [2.24, 2.45) is 10.8 Å². The molecule has 1 rings (SSSR count). The fourth-order valence-electron chi connectivity index (χ4n) is 1.60. The summed E-state index contributed by atoms with van der Waals surface area (Å²) >= 11 is 3.47. The van der Waals surface area contributed by atoms with Crippen molar-refractivity contribution in [3.63, 3.8) is 0 Å². The highest BCUT2D eigenvalue weighted by Gasteiger charge is 2.05. The van der Waals surface area contributed by atoms with Crippen LogP contribution >= 0.6 is 15.9 Å². The molecule has 1 aromatic rings. The van der Waals surface area contributed by atoms with Gasteiger partial charge in [0.25, 0.3) is 0 Å². The van der Waals surface area contributed by atoms with Crippen LogP contribution in [-0.4, -0.2) is 24.5 Å². The molecule has 0 bridgehead atoms. The summed E-state index contributed by atoms with van der Waals surface area (Å²) in [5.41, 5.74) is 3.87. The average molecular weight is 313 g/mol. The zero-order valence-corrected chi connectivity index (χ0v) is 12.6. The Morgan fingerprint density at radius 3 is 2.89 bits per heavy atom. The largest absolute Gasteiger partial charge is 0.341 e. The molecule has 4 nitrogen and oxygen atoms in total. The van der Waals surface area contributed by atoms with Gasteiger partial charge in [-0.05, 0) is 24.1 Å². The maximum atomic E-state index is 5.51. The molecule has 1 aromatic carbocycles. The van der Waals surface area contributed by atoms with Gasteiger partial charge >= 0.3 is 0 Å². The Labute approximate surface area is 117 Å². The van der Waals surface area contributed by atoms with Crippen molar-refractivity contribution < 1.29 is 0 Å². The van der Waals surface area contributed by atoms with Gasteiger partial charge in [0.1, 0.15) is 0 Å². The minimum Gasteiger partial charge on any atom is -0.341 e. The smallest absolute Gasteiger partial charge is 0.208 e. The van der Waals surface area contributed by atoms with E-state index in [9.17, 15) is 0 Å². The van der Waals surface area contributed by atoms with E-state index in [0.717, 1.165) is 36.4 Å². The van der Waals surface area contributed by atoms with E-state index in [4.69, 9.17) is 5.84 Å². The van der Waals surface area contributed by atoms with Crippen molar-refractivity contribution in [2.45, 2.75) is 26.3 Å². The van der Waals surface area contributed by atoms with E-state index in [1.54, 1.807) is 0 Å². The second kappa shape index (κ2) is 8.11. The second-order valence-electron chi connectivity index (χ2n) is 4.19. The summed E-state index contributed by atoms with van der Waals surface area (Å²) in [4.78, 5) is 6.46. The molecule has 0 unspecified atom stereocenters. The van der Waals surface area contributed by atoms with Crippen molar-refractivity contribution in [1.82, 2.24) is 10.3 Å². The minimum atomic E-state index is 0.725. The zero-order valence-electron chi connectivity index (χ0n) is 11.0. The van der Waals surface area contributed by atoms with E-state index in [1.165, 1.54) is 5.56 Å². The fraction of sp³-hybridized carbons (Fsp3) is 0.462. The van der Waals surface area contributed by atoms with Crippen LogP contribution in [0.2, 0.25) is 0 Å². The average Bonchev–Trinajstić information content (AvgIpc) is 2.34. The van der Waals surface area contributed by atoms with Gasteiger partial charge in [0.05, 0.1) is 0 Å². The highest BCUT2D eigenvalue weighted by molar-refractivity contribution is 9.10. The molecular weight excluding hydrogens is 292 g/mol. The van der Waals surface area contributed by atoms with Gasteiger partial charge in [-0.1, -0.05) is 41.4 Å². The Hall–Kier alpha value is -1.07. The molecule has 0 radical (unpaired) electrons. The van der Waals surface area contributed by atoms with Crippen LogP contribution in [0.3, 0.4) is 0 Å². The molecule has 0 aromatic heterocycles. The first-order valence-corrected chi connectivity index (χ1v) is 6.93. The molecule has 0 fully saturated rings. The molecule has 0 heterocycles. The third kappa shape index (κ3) is 5.06. The maximum absolute atomic E-state index is 5.51. The van der Waals surface area contributed by atoms with E-state index in [0.29, 0.717) is 0 Å². The lowest BCUT2D eigenvalue weighted by atomic mass is 10.2. The summed E-state index contributed by atoms with van der Waals surface area (Å²) in [6.45, 7) is 3.73. The Morgan fingerprint density at radius 2 is 2.28 bits per heavy atom. The Kier molecular flexibility index (Phi) is 6.75. The van der Waals surface area contributed by atoms with Crippen molar-refractivity contribution in [2.75, 3.05) is 13.6 Å². The van der Waals surface area contributed by atoms with Crippen LogP contribution < -0.4 is 11.3 Å². The summed E-state index contributed by atoms with van der Waals surface area (Å²) < 4.78 is 1.08. The highest BCUT2D eigenvalue weighted by Crippen LogP contribution is 2.12. The quantitative estimate of drug-likeness (QED) is 0.289. The Bertz CT molecular complexity index is 392. The van der Waals surface area contributed by atoms with Crippen LogP contribution in [0.5, 0.6) is 0 Å². The number of rotatable bonds is 5. The van der Waals surface area contributed by atoms with E-state index in [-0.39, 0.29) is 0 Å². The van der Waals surface area contributed by atoms with Crippen molar-refractivity contribution >= 4 is 21.9 Å². The van der Waals surface area contributed by atoms with E-state index in [2.05, 4.69) is 45.4 Å². The zero-order chi connectivity index (χ0) is 13.4. The number of halogens is 1. The topological polar surface area (TPSA) is 53.6 Å². The molecule has 0 saturated heterocycles. The number of unbranched alkanes of at least 4 members (excludes halogenated alkanes) is 1. The van der Waals surface area contributed by atoms with Gasteiger partial charge in [-0.3, -0.25) is 10.4 Å². The molecule has 0 amide bonds. The third-order valence-electron chi connectivity index (χ3n) is 2.57. The first-order chi connectivity index (χ1) is 8.67. The lowest BCUT2D eigenvalue weighted by Gasteiger charge is -2.20. The number of hydrazine groups is 1. The Morgan fingerprint density at radius 1 is 1.50 bits per heavy atom. The van der Waals surface area contributed by atoms with E-state index >= 15 is 0 Å². The number of nitrogens with two attached hydrogens (primary N) is 1. The van der Waals surface area contributed by atoms with Crippen molar-refractivity contribution in [3.05, 3.63) is 34.3 Å². The van der Waals surface area contributed by atoms with E-state index < -0.39 is 0 Å². The standard InChI is InChI=1S/C13H21BrN4/c1-3-4-8-16-13(17-15)18(2)10-11-6-5-7-12(14)9-11/h5-7,9H,3-4,8,10,15H2,1-2H3,(H,16,17). The van der Waals surface area contributed by atoms with Gasteiger partial charge in [-0.2, -0.15) is 0 Å². The number of nitrogens with one attached hydrogen (secondary N) is 1. The predicted molar refractivity (Wildman–Crippen MR) is 80.1 cm³/mol. The monoisotopic (exact) mass is 312 g/mol. The lowest BCUT2D eigenvalue weighted by Crippen LogP contribution is -2.42. The molecule has 18 heavy (non-hydrogen) atoms. The van der Waals surface area contributed by atoms with Crippen LogP contribution in [-0.2, 0) is 6.54 Å². The number of hydrogen-bond donors (Lipinski definition) is 2. The highest BCUT2D eigenvalue weighted by atomic mass is 79.9. The molecule has 0 aliphatic carbocycles. The number of hydrogen-bond acceptors (Lipinski definition) is 2. The van der Waals surface area contributed by atoms with Gasteiger partial charge < -0.3 is 4.90 Å². The van der Waals surface area contributed by atoms with Gasteiger partial charge in [-0.15, -0.1) is 0 Å². The molecule has 3 N–H and O–H groups in total. The van der Waals surface area contributed by atoms with Crippen LogP contribution in [0.15, 0.2) is 33.7 Å². The molecule has 5 heteroatoms. The van der Waals surface area contributed by atoms with Gasteiger partial charge in [0.2, 0.25) is 5.96 Å². The second-order valence-corrected chi connectivity index (χ2v) is 5.10. The molecule has 0 aliphatic heterocycles. The summed E-state index contributed by atoms with van der Waals surface area (Å²) in [5.74, 6) is 6.23. The lowest BCUT2D eigenvalue weighted by molar-refractivity contribution is 0.476. The van der Waals surface area contributed by atoms with E-state index in [1.807, 2.05) is 24.1 Å². The first kappa shape index (κ1) is 15.0. The molecular formula is C13H21BrN4. The summed E-state index contributed by atoms with van der Waals surface area (Å²) in [5, 5.41) is 0. The SMILES string of the molecule is CCCCN=C(NN)N(C)Cc1cccc(Br)c1. The van der Waals surface area contributed by atoms with Gasteiger partial charge in [-0.25, -0.2) is 5.84 Å². The van der Waals surface area contributed by atoms with Crippen LogP contribution in [0, 0.1) is 0 Å². The normalized spacial score (nSPS) is 11.4. The van der Waals surface area contributed by atoms with Crippen molar-refractivity contribution in [3.8, 4) is 0 Å². The molecule has 0 atom stereocenters. The molecule has 0 aliphatic rings. The number of guanidine groups is 1. The summed E-state index contributed by atoms with van der Waals surface area (Å²) in [6, 6.07) is 8.22. The number of nitrogens with zero attached hydrogens (tertiary/aromatic N) is 2. The Balaban J connectivity index is 2.61. The van der Waals surface area contributed by atoms with Gasteiger partial charge in [0, 0.05) is 24.6 Å². The summed E-state index contributed by atoms with van der Waals surface area (Å²) in [6.07, 6.45) is 2.21. The minimum absolute atomic E-state index is 0.725. The maximum Gasteiger partial charge on any atom is 0.208 e.